The van der Waals surface area contributed by atoms with Crippen LogP contribution in [0.15, 0.2) is 18.5 Å². The Balaban J connectivity index is 1.81. The van der Waals surface area contributed by atoms with Gasteiger partial charge in [0.25, 0.3) is 0 Å². The van der Waals surface area contributed by atoms with Crippen LogP contribution in [0.4, 0.5) is 5.82 Å². The summed E-state index contributed by atoms with van der Waals surface area (Å²) in [5, 5.41) is 7.94. The summed E-state index contributed by atoms with van der Waals surface area (Å²) in [6.07, 6.45) is 7.26. The van der Waals surface area contributed by atoms with Crippen molar-refractivity contribution in [1.29, 1.82) is 0 Å². The molecule has 1 aliphatic carbocycles. The fourth-order valence-electron chi connectivity index (χ4n) is 2.94. The van der Waals surface area contributed by atoms with Crippen LogP contribution < -0.4 is 5.32 Å². The van der Waals surface area contributed by atoms with Crippen molar-refractivity contribution in [2.75, 3.05) is 5.32 Å². The zero-order valence-corrected chi connectivity index (χ0v) is 12.3. The van der Waals surface area contributed by atoms with Crippen LogP contribution in [0.25, 0.3) is 5.82 Å². The minimum Gasteiger partial charge on any atom is -0.366 e. The molecule has 1 N–H and O–H groups in total. The smallest absolute Gasteiger partial charge is 0.174 e. The highest BCUT2D eigenvalue weighted by molar-refractivity contribution is 5.37. The average Bonchev–Trinajstić information content (AvgIpc) is 2.96. The lowest BCUT2D eigenvalue weighted by Gasteiger charge is -2.13. The Morgan fingerprint density at radius 2 is 2.10 bits per heavy atom. The van der Waals surface area contributed by atoms with Crippen LogP contribution in [0.3, 0.4) is 0 Å². The van der Waals surface area contributed by atoms with Crippen LogP contribution in [0.5, 0.6) is 0 Å². The molecule has 5 heteroatoms. The summed E-state index contributed by atoms with van der Waals surface area (Å²) in [4.78, 5) is 8.92. The van der Waals surface area contributed by atoms with Gasteiger partial charge in [0.15, 0.2) is 5.82 Å². The predicted octanol–water partition coefficient (Wildman–Crippen LogP) is 2.88. The lowest BCUT2D eigenvalue weighted by molar-refractivity contribution is 0.602. The Morgan fingerprint density at radius 3 is 2.75 bits per heavy atom. The Labute approximate surface area is 119 Å². The van der Waals surface area contributed by atoms with E-state index in [1.165, 1.54) is 19.3 Å². The van der Waals surface area contributed by atoms with Gasteiger partial charge in [-0.25, -0.2) is 9.67 Å². The topological polar surface area (TPSA) is 55.6 Å². The quantitative estimate of drug-likeness (QED) is 0.932. The highest BCUT2D eigenvalue weighted by Crippen LogP contribution is 2.27. The van der Waals surface area contributed by atoms with Gasteiger partial charge in [-0.15, -0.1) is 0 Å². The van der Waals surface area contributed by atoms with Gasteiger partial charge in [0.1, 0.15) is 5.82 Å². The van der Waals surface area contributed by atoms with Crippen molar-refractivity contribution in [3.8, 4) is 5.82 Å². The van der Waals surface area contributed by atoms with Crippen molar-refractivity contribution in [2.24, 2.45) is 5.92 Å². The molecule has 1 aliphatic rings. The molecular formula is C15H21N5. The number of aryl methyl sites for hydroxylation is 2. The van der Waals surface area contributed by atoms with Crippen LogP contribution in [0, 0.1) is 19.8 Å². The average molecular weight is 271 g/mol. The van der Waals surface area contributed by atoms with Crippen LogP contribution in [-0.2, 0) is 0 Å². The van der Waals surface area contributed by atoms with Crippen LogP contribution in [0.2, 0.25) is 0 Å². The summed E-state index contributed by atoms with van der Waals surface area (Å²) < 4.78 is 1.84. The molecule has 1 saturated carbocycles. The number of hydrogen-bond acceptors (Lipinski definition) is 4. The molecule has 0 amide bonds. The summed E-state index contributed by atoms with van der Waals surface area (Å²) >= 11 is 0. The number of rotatable bonds is 3. The van der Waals surface area contributed by atoms with Gasteiger partial charge >= 0.3 is 0 Å². The Morgan fingerprint density at radius 1 is 1.25 bits per heavy atom. The molecule has 106 valence electrons. The Kier molecular flexibility index (Phi) is 3.42. The third-order valence-corrected chi connectivity index (χ3v) is 3.90. The first-order valence-electron chi connectivity index (χ1n) is 7.24. The van der Waals surface area contributed by atoms with Crippen molar-refractivity contribution in [3.05, 3.63) is 29.8 Å². The second kappa shape index (κ2) is 5.23. The summed E-state index contributed by atoms with van der Waals surface area (Å²) in [5.41, 5.74) is 2.07. The second-order valence-corrected chi connectivity index (χ2v) is 5.86. The van der Waals surface area contributed by atoms with Crippen molar-refractivity contribution >= 4 is 5.82 Å². The first-order valence-corrected chi connectivity index (χ1v) is 7.24. The molecule has 1 fully saturated rings. The predicted molar refractivity (Wildman–Crippen MR) is 79.1 cm³/mol. The molecule has 2 aromatic rings. The van der Waals surface area contributed by atoms with E-state index in [0.717, 1.165) is 28.9 Å². The van der Waals surface area contributed by atoms with E-state index in [9.17, 15) is 0 Å². The van der Waals surface area contributed by atoms with E-state index in [0.29, 0.717) is 6.04 Å². The first-order chi connectivity index (χ1) is 9.61. The maximum absolute atomic E-state index is 4.63. The SMILES string of the molecule is Cc1cc(C)n(-c2cncc(NC3CCC(C)C3)n2)n1. The number of nitrogens with one attached hydrogen (secondary N) is 1. The maximum atomic E-state index is 4.63. The highest BCUT2D eigenvalue weighted by atomic mass is 15.3. The molecule has 5 nitrogen and oxygen atoms in total. The molecule has 0 bridgehead atoms. The number of aromatic nitrogens is 4. The summed E-state index contributed by atoms with van der Waals surface area (Å²) in [7, 11) is 0. The van der Waals surface area contributed by atoms with Gasteiger partial charge in [-0.3, -0.25) is 4.98 Å². The largest absolute Gasteiger partial charge is 0.366 e. The zero-order chi connectivity index (χ0) is 14.1. The van der Waals surface area contributed by atoms with Crippen molar-refractivity contribution in [2.45, 2.75) is 46.1 Å². The molecule has 20 heavy (non-hydrogen) atoms. The van der Waals surface area contributed by atoms with Gasteiger partial charge < -0.3 is 5.32 Å². The third kappa shape index (κ3) is 2.66. The van der Waals surface area contributed by atoms with Gasteiger partial charge in [-0.05, 0) is 45.1 Å². The van der Waals surface area contributed by atoms with Crippen molar-refractivity contribution in [3.63, 3.8) is 0 Å². The van der Waals surface area contributed by atoms with Crippen LogP contribution >= 0.6 is 0 Å². The normalized spacial score (nSPS) is 22.1. The summed E-state index contributed by atoms with van der Waals surface area (Å²) in [6, 6.07) is 2.57. The molecule has 0 aromatic carbocycles. The van der Waals surface area contributed by atoms with Gasteiger partial charge in [0, 0.05) is 11.7 Å². The molecule has 2 heterocycles. The monoisotopic (exact) mass is 271 g/mol. The molecule has 3 rings (SSSR count). The van der Waals surface area contributed by atoms with Crippen molar-refractivity contribution < 1.29 is 0 Å². The fourth-order valence-corrected chi connectivity index (χ4v) is 2.94. The van der Waals surface area contributed by atoms with Gasteiger partial charge in [0.05, 0.1) is 18.1 Å². The molecule has 0 radical (unpaired) electrons. The fraction of sp³-hybridized carbons (Fsp3) is 0.533. The number of nitrogens with zero attached hydrogens (tertiary/aromatic N) is 4. The second-order valence-electron chi connectivity index (χ2n) is 5.86. The van der Waals surface area contributed by atoms with E-state index >= 15 is 0 Å². The maximum Gasteiger partial charge on any atom is 0.174 e. The van der Waals surface area contributed by atoms with E-state index in [1.54, 1.807) is 12.4 Å². The summed E-state index contributed by atoms with van der Waals surface area (Å²) in [5.74, 6) is 2.42. The minimum absolute atomic E-state index is 0.523. The Hall–Kier alpha value is -1.91. The molecule has 2 atom stereocenters. The van der Waals surface area contributed by atoms with E-state index in [1.807, 2.05) is 24.6 Å². The Bertz CT molecular complexity index is 604. The minimum atomic E-state index is 0.523. The van der Waals surface area contributed by atoms with Gasteiger partial charge in [-0.1, -0.05) is 6.92 Å². The lowest BCUT2D eigenvalue weighted by Crippen LogP contribution is -2.17. The van der Waals surface area contributed by atoms with Crippen LogP contribution in [0.1, 0.15) is 37.6 Å². The molecule has 0 saturated heterocycles. The van der Waals surface area contributed by atoms with Gasteiger partial charge in [0.2, 0.25) is 0 Å². The molecule has 2 unspecified atom stereocenters. The van der Waals surface area contributed by atoms with E-state index < -0.39 is 0 Å². The summed E-state index contributed by atoms with van der Waals surface area (Å²) in [6.45, 7) is 6.32. The van der Waals surface area contributed by atoms with E-state index in [2.05, 4.69) is 27.3 Å². The first kappa shape index (κ1) is 13.1. The molecule has 2 aromatic heterocycles. The third-order valence-electron chi connectivity index (χ3n) is 3.90. The standard InChI is InChI=1S/C15H21N5/c1-10-4-5-13(6-10)17-14-8-16-9-15(18-14)20-12(3)7-11(2)19-20/h7-10,13H,4-6H2,1-3H3,(H,17,18). The zero-order valence-electron chi connectivity index (χ0n) is 12.3. The molecule has 0 spiro atoms. The highest BCUT2D eigenvalue weighted by Gasteiger charge is 2.21. The molecular weight excluding hydrogens is 250 g/mol. The van der Waals surface area contributed by atoms with E-state index in [-0.39, 0.29) is 0 Å². The van der Waals surface area contributed by atoms with Gasteiger partial charge in [-0.2, -0.15) is 5.10 Å². The number of anilines is 1. The van der Waals surface area contributed by atoms with Crippen molar-refractivity contribution in [1.82, 2.24) is 19.7 Å². The lowest BCUT2D eigenvalue weighted by atomic mass is 10.1. The van der Waals surface area contributed by atoms with Crippen LogP contribution in [-0.4, -0.2) is 25.8 Å². The van der Waals surface area contributed by atoms with E-state index in [4.69, 9.17) is 0 Å². The number of hydrogen-bond donors (Lipinski definition) is 1. The molecule has 0 aliphatic heterocycles.